The zero-order valence-electron chi connectivity index (χ0n) is 16.0. The number of nitrogens with one attached hydrogen (secondary N) is 1. The number of carbonyl (C=O) groups excluding carboxylic acids is 2. The van der Waals surface area contributed by atoms with Crippen LogP contribution >= 0.6 is 22.9 Å². The predicted molar refractivity (Wildman–Crippen MR) is 118 cm³/mol. The molecule has 0 saturated carbocycles. The first-order valence-corrected chi connectivity index (χ1v) is 10.4. The molecule has 0 unspecified atom stereocenters. The van der Waals surface area contributed by atoms with Crippen LogP contribution in [-0.2, 0) is 6.54 Å². The topological polar surface area (TPSA) is 76.9 Å². The van der Waals surface area contributed by atoms with Gasteiger partial charge in [-0.25, -0.2) is 4.98 Å². The van der Waals surface area contributed by atoms with Gasteiger partial charge in [0.2, 0.25) is 0 Å². The number of hydrogen-bond acceptors (Lipinski definition) is 5. The quantitative estimate of drug-likeness (QED) is 0.423. The highest BCUT2D eigenvalue weighted by Crippen LogP contribution is 2.26. The Bertz CT molecular complexity index is 1200. The highest BCUT2D eigenvalue weighted by molar-refractivity contribution is 7.14. The van der Waals surface area contributed by atoms with Crippen LogP contribution in [0, 0.1) is 0 Å². The van der Waals surface area contributed by atoms with Crippen molar-refractivity contribution in [2.75, 3.05) is 5.32 Å². The number of anilines is 1. The average Bonchev–Trinajstić information content (AvgIpc) is 3.37. The molecule has 2 aromatic heterocycles. The fraction of sp³-hybridized carbons (Fsp3) is 0.0909. The molecule has 0 saturated heterocycles. The lowest BCUT2D eigenvalue weighted by Crippen LogP contribution is -2.12. The summed E-state index contributed by atoms with van der Waals surface area (Å²) in [6, 6.07) is 17.0. The van der Waals surface area contributed by atoms with Crippen molar-refractivity contribution in [2.45, 2.75) is 13.5 Å². The van der Waals surface area contributed by atoms with Crippen molar-refractivity contribution in [2.24, 2.45) is 0 Å². The van der Waals surface area contributed by atoms with E-state index < -0.39 is 0 Å². The molecule has 150 valence electrons. The van der Waals surface area contributed by atoms with Crippen LogP contribution in [0.2, 0.25) is 5.02 Å². The Balaban J connectivity index is 1.67. The molecule has 2 heterocycles. The second kappa shape index (κ2) is 8.61. The number of carbonyl (C=O) groups is 2. The summed E-state index contributed by atoms with van der Waals surface area (Å²) in [5.74, 6) is -0.493. The van der Waals surface area contributed by atoms with E-state index >= 15 is 0 Å². The number of ketones is 1. The first-order chi connectivity index (χ1) is 14.5. The summed E-state index contributed by atoms with van der Waals surface area (Å²) in [5.41, 5.74) is 3.13. The van der Waals surface area contributed by atoms with Crippen LogP contribution in [0.25, 0.3) is 11.3 Å². The number of benzene rings is 2. The number of nitrogens with zero attached hydrogens (tertiary/aromatic N) is 3. The van der Waals surface area contributed by atoms with E-state index in [4.69, 9.17) is 11.6 Å². The Morgan fingerprint density at radius 3 is 2.50 bits per heavy atom. The average molecular weight is 437 g/mol. The molecule has 0 fully saturated rings. The smallest absolute Gasteiger partial charge is 0.261 e. The lowest BCUT2D eigenvalue weighted by Gasteiger charge is -2.03. The Kier molecular flexibility index (Phi) is 5.74. The van der Waals surface area contributed by atoms with Gasteiger partial charge in [0, 0.05) is 29.1 Å². The maximum atomic E-state index is 13.0. The molecule has 0 spiro atoms. The number of rotatable bonds is 6. The van der Waals surface area contributed by atoms with Crippen molar-refractivity contribution in [3.05, 3.63) is 88.0 Å². The first-order valence-electron chi connectivity index (χ1n) is 9.15. The van der Waals surface area contributed by atoms with Gasteiger partial charge < -0.3 is 0 Å². The number of thiazole rings is 1. The van der Waals surface area contributed by atoms with E-state index in [0.717, 1.165) is 11.1 Å². The summed E-state index contributed by atoms with van der Waals surface area (Å²) < 4.78 is 1.73. The Morgan fingerprint density at radius 2 is 1.83 bits per heavy atom. The van der Waals surface area contributed by atoms with Gasteiger partial charge >= 0.3 is 0 Å². The minimum Gasteiger partial charge on any atom is -0.298 e. The van der Waals surface area contributed by atoms with Crippen LogP contribution < -0.4 is 5.32 Å². The van der Waals surface area contributed by atoms with E-state index in [2.05, 4.69) is 15.4 Å². The summed E-state index contributed by atoms with van der Waals surface area (Å²) in [6.45, 7) is 1.97. The van der Waals surface area contributed by atoms with E-state index in [9.17, 15) is 9.59 Å². The van der Waals surface area contributed by atoms with Crippen LogP contribution in [-0.4, -0.2) is 26.5 Å². The summed E-state index contributed by atoms with van der Waals surface area (Å²) in [7, 11) is 0. The molecular formula is C22H17ClN4O2S. The van der Waals surface area contributed by atoms with E-state index in [0.29, 0.717) is 33.7 Å². The highest BCUT2D eigenvalue weighted by atomic mass is 35.5. The SMILES string of the molecule is CC(=O)c1csc(NC(=O)c2cn(Cc3ccccc3)nc2-c2ccc(Cl)cc2)n1. The van der Waals surface area contributed by atoms with E-state index in [1.54, 1.807) is 28.4 Å². The lowest BCUT2D eigenvalue weighted by molar-refractivity contribution is 0.100. The highest BCUT2D eigenvalue weighted by Gasteiger charge is 2.20. The van der Waals surface area contributed by atoms with Gasteiger partial charge in [0.25, 0.3) is 5.91 Å². The third-order valence-corrected chi connectivity index (χ3v) is 5.41. The molecule has 4 rings (SSSR count). The second-order valence-electron chi connectivity index (χ2n) is 6.63. The number of hydrogen-bond donors (Lipinski definition) is 1. The normalized spacial score (nSPS) is 10.7. The van der Waals surface area contributed by atoms with Crippen molar-refractivity contribution in [1.82, 2.24) is 14.8 Å². The molecule has 1 amide bonds. The summed E-state index contributed by atoms with van der Waals surface area (Å²) in [5, 5.41) is 10.0. The van der Waals surface area contributed by atoms with Gasteiger partial charge in [-0.1, -0.05) is 54.1 Å². The molecule has 1 N–H and O–H groups in total. The number of amides is 1. The summed E-state index contributed by atoms with van der Waals surface area (Å²) >= 11 is 7.22. The minimum atomic E-state index is -0.344. The third-order valence-electron chi connectivity index (χ3n) is 4.40. The Labute approximate surface area is 182 Å². The molecule has 0 bridgehead atoms. The van der Waals surface area contributed by atoms with Gasteiger partial charge in [0.1, 0.15) is 11.4 Å². The lowest BCUT2D eigenvalue weighted by atomic mass is 10.1. The molecule has 4 aromatic rings. The maximum absolute atomic E-state index is 13.0. The molecule has 0 aliphatic heterocycles. The first kappa shape index (κ1) is 20.0. The van der Waals surface area contributed by atoms with Gasteiger partial charge in [-0.2, -0.15) is 5.10 Å². The van der Waals surface area contributed by atoms with Crippen LogP contribution in [0.15, 0.2) is 66.2 Å². The number of halogens is 1. The van der Waals surface area contributed by atoms with Crippen molar-refractivity contribution in [3.63, 3.8) is 0 Å². The molecule has 30 heavy (non-hydrogen) atoms. The molecule has 0 aliphatic rings. The van der Waals surface area contributed by atoms with Crippen LogP contribution in [0.1, 0.15) is 33.3 Å². The van der Waals surface area contributed by atoms with Crippen molar-refractivity contribution < 1.29 is 9.59 Å². The van der Waals surface area contributed by atoms with E-state index in [1.165, 1.54) is 18.3 Å². The van der Waals surface area contributed by atoms with Crippen molar-refractivity contribution in [1.29, 1.82) is 0 Å². The molecule has 0 radical (unpaired) electrons. The minimum absolute atomic E-state index is 0.149. The fourth-order valence-electron chi connectivity index (χ4n) is 2.92. The van der Waals surface area contributed by atoms with Gasteiger partial charge in [-0.15, -0.1) is 11.3 Å². The molecule has 6 nitrogen and oxygen atoms in total. The van der Waals surface area contributed by atoms with E-state index in [-0.39, 0.29) is 11.7 Å². The Morgan fingerprint density at radius 1 is 1.10 bits per heavy atom. The second-order valence-corrected chi connectivity index (χ2v) is 7.92. The predicted octanol–water partition coefficient (Wildman–Crippen LogP) is 5.16. The van der Waals surface area contributed by atoms with Gasteiger partial charge in [0.15, 0.2) is 10.9 Å². The van der Waals surface area contributed by atoms with Gasteiger partial charge in [0.05, 0.1) is 12.1 Å². The monoisotopic (exact) mass is 436 g/mol. The fourth-order valence-corrected chi connectivity index (χ4v) is 3.79. The molecule has 8 heteroatoms. The number of aromatic nitrogens is 3. The molecule has 2 aromatic carbocycles. The number of Topliss-reactive ketones (excluding diaryl/α,β-unsaturated/α-hetero) is 1. The summed E-state index contributed by atoms with van der Waals surface area (Å²) in [4.78, 5) is 28.6. The molecular weight excluding hydrogens is 420 g/mol. The third kappa shape index (κ3) is 4.48. The van der Waals surface area contributed by atoms with Crippen molar-refractivity contribution in [3.8, 4) is 11.3 Å². The zero-order valence-corrected chi connectivity index (χ0v) is 17.6. The van der Waals surface area contributed by atoms with Crippen LogP contribution in [0.3, 0.4) is 0 Å². The van der Waals surface area contributed by atoms with E-state index in [1.807, 2.05) is 42.5 Å². The van der Waals surface area contributed by atoms with Gasteiger partial charge in [-0.3, -0.25) is 19.6 Å². The Hall–Kier alpha value is -3.29. The zero-order chi connectivity index (χ0) is 21.1. The standard InChI is InChI=1S/C22H17ClN4O2S/c1-14(28)19-13-30-22(24-19)25-21(29)18-12-27(11-15-5-3-2-4-6-15)26-20(18)16-7-9-17(23)10-8-16/h2-10,12-13H,11H2,1H3,(H,24,25,29). The largest absolute Gasteiger partial charge is 0.298 e. The summed E-state index contributed by atoms with van der Waals surface area (Å²) in [6.07, 6.45) is 1.71. The van der Waals surface area contributed by atoms with Crippen molar-refractivity contribution >= 4 is 39.8 Å². The van der Waals surface area contributed by atoms with Crippen LogP contribution in [0.4, 0.5) is 5.13 Å². The van der Waals surface area contributed by atoms with Gasteiger partial charge in [-0.05, 0) is 17.7 Å². The van der Waals surface area contributed by atoms with Crippen LogP contribution in [0.5, 0.6) is 0 Å². The maximum Gasteiger partial charge on any atom is 0.261 e. The molecule has 0 atom stereocenters. The molecule has 0 aliphatic carbocycles.